The van der Waals surface area contributed by atoms with E-state index in [2.05, 4.69) is 44.4 Å². The van der Waals surface area contributed by atoms with Crippen molar-refractivity contribution in [3.05, 3.63) is 29.3 Å². The van der Waals surface area contributed by atoms with Gasteiger partial charge in [-0.2, -0.15) is 0 Å². The molecule has 4 unspecified atom stereocenters. The van der Waals surface area contributed by atoms with Gasteiger partial charge >= 0.3 is 0 Å². The zero-order valence-electron chi connectivity index (χ0n) is 13.0. The van der Waals surface area contributed by atoms with Crippen molar-refractivity contribution in [1.82, 2.24) is 5.32 Å². The van der Waals surface area contributed by atoms with Gasteiger partial charge in [0.05, 0.1) is 6.10 Å². The van der Waals surface area contributed by atoms with Crippen LogP contribution >= 0.6 is 0 Å². The average Bonchev–Trinajstić information content (AvgIpc) is 2.87. The van der Waals surface area contributed by atoms with E-state index in [0.29, 0.717) is 12.1 Å². The average molecular weight is 273 g/mol. The Hall–Kier alpha value is -1.02. The van der Waals surface area contributed by atoms with E-state index in [1.54, 1.807) is 0 Å². The van der Waals surface area contributed by atoms with Gasteiger partial charge in [-0.25, -0.2) is 0 Å². The van der Waals surface area contributed by atoms with Crippen molar-refractivity contribution in [2.24, 2.45) is 11.8 Å². The summed E-state index contributed by atoms with van der Waals surface area (Å²) in [5.41, 5.74) is 2.89. The molecule has 0 aliphatic heterocycles. The summed E-state index contributed by atoms with van der Waals surface area (Å²) in [7, 11) is 2.05. The van der Waals surface area contributed by atoms with Gasteiger partial charge < -0.3 is 10.1 Å². The second kappa shape index (κ2) is 5.77. The summed E-state index contributed by atoms with van der Waals surface area (Å²) >= 11 is 0. The molecule has 3 rings (SSSR count). The first-order valence-electron chi connectivity index (χ1n) is 8.14. The van der Waals surface area contributed by atoms with Crippen LogP contribution in [0, 0.1) is 11.8 Å². The first kappa shape index (κ1) is 13.9. The molecular formula is C18H27NO. The quantitative estimate of drug-likeness (QED) is 0.895. The number of rotatable bonds is 3. The SMILES string of the molecule is CNC1CCc2c(OC3CCC(C)C(C)C3)cccc21. The molecule has 2 nitrogen and oxygen atoms in total. The van der Waals surface area contributed by atoms with Gasteiger partial charge in [0.2, 0.25) is 0 Å². The van der Waals surface area contributed by atoms with Crippen LogP contribution in [0.3, 0.4) is 0 Å². The van der Waals surface area contributed by atoms with E-state index in [9.17, 15) is 0 Å². The van der Waals surface area contributed by atoms with Crippen molar-refractivity contribution in [1.29, 1.82) is 0 Å². The molecule has 4 atom stereocenters. The highest BCUT2D eigenvalue weighted by molar-refractivity contribution is 5.45. The number of ether oxygens (including phenoxy) is 1. The van der Waals surface area contributed by atoms with Crippen LogP contribution in [0.4, 0.5) is 0 Å². The third-order valence-electron chi connectivity index (χ3n) is 5.42. The lowest BCUT2D eigenvalue weighted by Gasteiger charge is -2.32. The normalized spacial score (nSPS) is 33.0. The monoisotopic (exact) mass is 273 g/mol. The van der Waals surface area contributed by atoms with Crippen LogP contribution in [0.15, 0.2) is 18.2 Å². The molecule has 2 aliphatic rings. The van der Waals surface area contributed by atoms with Crippen LogP contribution in [0.2, 0.25) is 0 Å². The van der Waals surface area contributed by atoms with Crippen molar-refractivity contribution in [3.8, 4) is 5.75 Å². The highest BCUT2D eigenvalue weighted by atomic mass is 16.5. The van der Waals surface area contributed by atoms with Crippen molar-refractivity contribution in [2.75, 3.05) is 7.05 Å². The lowest BCUT2D eigenvalue weighted by Crippen LogP contribution is -2.29. The number of hydrogen-bond donors (Lipinski definition) is 1. The lowest BCUT2D eigenvalue weighted by molar-refractivity contribution is 0.0998. The molecule has 1 saturated carbocycles. The van der Waals surface area contributed by atoms with Gasteiger partial charge in [-0.1, -0.05) is 26.0 Å². The van der Waals surface area contributed by atoms with E-state index in [4.69, 9.17) is 4.74 Å². The van der Waals surface area contributed by atoms with Crippen LogP contribution in [-0.2, 0) is 6.42 Å². The molecule has 0 saturated heterocycles. The molecule has 0 bridgehead atoms. The number of fused-ring (bicyclic) bond motifs is 1. The van der Waals surface area contributed by atoms with Crippen molar-refractivity contribution < 1.29 is 4.74 Å². The van der Waals surface area contributed by atoms with Crippen LogP contribution in [0.25, 0.3) is 0 Å². The minimum atomic E-state index is 0.418. The van der Waals surface area contributed by atoms with Crippen molar-refractivity contribution in [3.63, 3.8) is 0 Å². The second-order valence-electron chi connectivity index (χ2n) is 6.71. The number of benzene rings is 1. The Labute approximate surface area is 122 Å². The predicted molar refractivity (Wildman–Crippen MR) is 83.2 cm³/mol. The smallest absolute Gasteiger partial charge is 0.123 e. The Balaban J connectivity index is 1.74. The molecule has 110 valence electrons. The molecule has 1 aromatic rings. The minimum Gasteiger partial charge on any atom is -0.490 e. The highest BCUT2D eigenvalue weighted by Gasteiger charge is 2.28. The number of hydrogen-bond acceptors (Lipinski definition) is 2. The fourth-order valence-corrected chi connectivity index (χ4v) is 3.82. The Kier molecular flexibility index (Phi) is 4.02. The zero-order valence-corrected chi connectivity index (χ0v) is 13.0. The summed E-state index contributed by atoms with van der Waals surface area (Å²) in [5.74, 6) is 2.78. The first-order chi connectivity index (χ1) is 9.69. The van der Waals surface area contributed by atoms with Gasteiger partial charge in [-0.05, 0) is 68.2 Å². The van der Waals surface area contributed by atoms with Crippen LogP contribution in [-0.4, -0.2) is 13.2 Å². The van der Waals surface area contributed by atoms with Gasteiger partial charge in [0.15, 0.2) is 0 Å². The molecule has 0 amide bonds. The maximum atomic E-state index is 6.38. The fourth-order valence-electron chi connectivity index (χ4n) is 3.82. The maximum absolute atomic E-state index is 6.38. The Morgan fingerprint density at radius 2 is 1.95 bits per heavy atom. The van der Waals surface area contributed by atoms with Crippen molar-refractivity contribution in [2.45, 2.75) is 58.1 Å². The third kappa shape index (κ3) is 2.58. The molecule has 0 spiro atoms. The van der Waals surface area contributed by atoms with E-state index in [1.807, 2.05) is 0 Å². The van der Waals surface area contributed by atoms with E-state index in [0.717, 1.165) is 24.0 Å². The van der Waals surface area contributed by atoms with Gasteiger partial charge in [-0.15, -0.1) is 0 Å². The Morgan fingerprint density at radius 3 is 2.70 bits per heavy atom. The van der Waals surface area contributed by atoms with E-state index < -0.39 is 0 Å². The summed E-state index contributed by atoms with van der Waals surface area (Å²) in [6, 6.07) is 7.08. The topological polar surface area (TPSA) is 21.3 Å². The Morgan fingerprint density at radius 1 is 1.10 bits per heavy atom. The van der Waals surface area contributed by atoms with E-state index in [1.165, 1.54) is 36.8 Å². The first-order valence-corrected chi connectivity index (χ1v) is 8.14. The number of nitrogens with one attached hydrogen (secondary N) is 1. The molecule has 20 heavy (non-hydrogen) atoms. The standard InChI is InChI=1S/C18H27NO/c1-12-7-8-14(11-13(12)2)20-18-6-4-5-15-16(18)9-10-17(15)19-3/h4-6,12-14,17,19H,7-11H2,1-3H3. The molecular weight excluding hydrogens is 246 g/mol. The maximum Gasteiger partial charge on any atom is 0.123 e. The third-order valence-corrected chi connectivity index (χ3v) is 5.42. The zero-order chi connectivity index (χ0) is 14.1. The molecule has 1 aromatic carbocycles. The van der Waals surface area contributed by atoms with Gasteiger partial charge in [-0.3, -0.25) is 0 Å². The predicted octanol–water partition coefficient (Wildman–Crippen LogP) is 4.10. The van der Waals surface area contributed by atoms with Gasteiger partial charge in [0, 0.05) is 6.04 Å². The molecule has 2 heteroatoms. The summed E-state index contributed by atoms with van der Waals surface area (Å²) in [6.07, 6.45) is 6.49. The van der Waals surface area contributed by atoms with Crippen LogP contribution < -0.4 is 10.1 Å². The Bertz CT molecular complexity index is 470. The molecule has 2 aliphatic carbocycles. The summed E-state index contributed by atoms with van der Waals surface area (Å²) in [5, 5.41) is 3.41. The molecule has 1 fully saturated rings. The largest absolute Gasteiger partial charge is 0.490 e. The van der Waals surface area contributed by atoms with Gasteiger partial charge in [0.1, 0.15) is 5.75 Å². The highest BCUT2D eigenvalue weighted by Crippen LogP contribution is 2.39. The second-order valence-corrected chi connectivity index (χ2v) is 6.71. The molecule has 1 N–H and O–H groups in total. The summed E-state index contributed by atoms with van der Waals surface area (Å²) in [4.78, 5) is 0. The molecule has 0 heterocycles. The summed E-state index contributed by atoms with van der Waals surface area (Å²) in [6.45, 7) is 4.74. The van der Waals surface area contributed by atoms with Crippen LogP contribution in [0.5, 0.6) is 5.75 Å². The van der Waals surface area contributed by atoms with Gasteiger partial charge in [0.25, 0.3) is 0 Å². The van der Waals surface area contributed by atoms with Crippen LogP contribution in [0.1, 0.15) is 56.7 Å². The van der Waals surface area contributed by atoms with E-state index >= 15 is 0 Å². The summed E-state index contributed by atoms with van der Waals surface area (Å²) < 4.78 is 6.38. The lowest BCUT2D eigenvalue weighted by atomic mass is 9.80. The molecule has 0 aromatic heterocycles. The van der Waals surface area contributed by atoms with E-state index in [-0.39, 0.29) is 0 Å². The minimum absolute atomic E-state index is 0.418. The molecule has 0 radical (unpaired) electrons. The van der Waals surface area contributed by atoms with Crippen molar-refractivity contribution >= 4 is 0 Å². The fraction of sp³-hybridized carbons (Fsp3) is 0.667.